The normalized spacial score (nSPS) is 11.8. The Morgan fingerprint density at radius 1 is 1.08 bits per heavy atom. The highest BCUT2D eigenvalue weighted by Gasteiger charge is 2.23. The van der Waals surface area contributed by atoms with Gasteiger partial charge in [0, 0.05) is 18.7 Å². The van der Waals surface area contributed by atoms with Crippen LogP contribution in [0.4, 0.5) is 10.1 Å². The third kappa shape index (κ3) is 3.80. The number of carbonyl (C=O) groups is 1. The van der Waals surface area contributed by atoms with Crippen LogP contribution in [0.5, 0.6) is 0 Å². The van der Waals surface area contributed by atoms with Crippen molar-refractivity contribution in [1.82, 2.24) is 4.31 Å². The Bertz CT molecular complexity index is 833. The number of rotatable bonds is 5. The molecule has 2 aromatic carbocycles. The monoisotopic (exact) mass is 350 g/mol. The lowest BCUT2D eigenvalue weighted by molar-refractivity contribution is 0.102. The SMILES string of the molecule is CC(C)N(C)S(=O)(=O)c1ccc(C(=O)Nc2ccccc2F)cc1. The van der Waals surface area contributed by atoms with Gasteiger partial charge in [-0.3, -0.25) is 4.79 Å². The Morgan fingerprint density at radius 2 is 1.67 bits per heavy atom. The van der Waals surface area contributed by atoms with Gasteiger partial charge in [0.1, 0.15) is 5.82 Å². The van der Waals surface area contributed by atoms with Crippen LogP contribution >= 0.6 is 0 Å². The van der Waals surface area contributed by atoms with E-state index in [1.54, 1.807) is 19.9 Å². The molecule has 0 aromatic heterocycles. The Balaban J connectivity index is 2.20. The summed E-state index contributed by atoms with van der Waals surface area (Å²) in [5.41, 5.74) is 0.308. The maximum Gasteiger partial charge on any atom is 0.255 e. The maximum atomic E-state index is 13.6. The quantitative estimate of drug-likeness (QED) is 0.901. The first kappa shape index (κ1) is 18.1. The number of nitrogens with one attached hydrogen (secondary N) is 1. The number of sulfonamides is 1. The fourth-order valence-corrected chi connectivity index (χ4v) is 3.35. The summed E-state index contributed by atoms with van der Waals surface area (Å²) in [5.74, 6) is -1.05. The molecule has 128 valence electrons. The average Bonchev–Trinajstić information content (AvgIpc) is 2.56. The molecule has 2 rings (SSSR count). The largest absolute Gasteiger partial charge is 0.319 e. The summed E-state index contributed by atoms with van der Waals surface area (Å²) in [6, 6.07) is 11.2. The second-order valence-electron chi connectivity index (χ2n) is 5.57. The van der Waals surface area contributed by atoms with E-state index in [1.807, 2.05) is 0 Å². The molecule has 0 atom stereocenters. The maximum absolute atomic E-state index is 13.6. The summed E-state index contributed by atoms with van der Waals surface area (Å²) in [5, 5.41) is 2.45. The Labute approximate surface area is 141 Å². The lowest BCUT2D eigenvalue weighted by Gasteiger charge is -2.21. The molecule has 0 saturated heterocycles. The van der Waals surface area contributed by atoms with E-state index in [-0.39, 0.29) is 22.2 Å². The fraction of sp³-hybridized carbons (Fsp3) is 0.235. The van der Waals surface area contributed by atoms with Crippen LogP contribution in [0.2, 0.25) is 0 Å². The van der Waals surface area contributed by atoms with Crippen molar-refractivity contribution in [3.63, 3.8) is 0 Å². The number of para-hydroxylation sites is 1. The van der Waals surface area contributed by atoms with Crippen LogP contribution in [0.1, 0.15) is 24.2 Å². The molecule has 0 spiro atoms. The van der Waals surface area contributed by atoms with Gasteiger partial charge in [0.05, 0.1) is 10.6 Å². The van der Waals surface area contributed by atoms with Crippen LogP contribution in [-0.4, -0.2) is 31.7 Å². The summed E-state index contributed by atoms with van der Waals surface area (Å²) in [4.78, 5) is 12.2. The molecule has 0 radical (unpaired) electrons. The van der Waals surface area contributed by atoms with Gasteiger partial charge in [-0.1, -0.05) is 12.1 Å². The number of halogens is 1. The lowest BCUT2D eigenvalue weighted by atomic mass is 10.2. The van der Waals surface area contributed by atoms with Crippen molar-refractivity contribution in [2.24, 2.45) is 0 Å². The average molecular weight is 350 g/mol. The number of amides is 1. The molecule has 0 saturated carbocycles. The number of nitrogens with zero attached hydrogens (tertiary/aromatic N) is 1. The van der Waals surface area contributed by atoms with Gasteiger partial charge in [0.15, 0.2) is 0 Å². The predicted molar refractivity (Wildman–Crippen MR) is 90.9 cm³/mol. The van der Waals surface area contributed by atoms with Crippen LogP contribution in [-0.2, 0) is 10.0 Å². The van der Waals surface area contributed by atoms with Gasteiger partial charge >= 0.3 is 0 Å². The number of hydrogen-bond donors (Lipinski definition) is 1. The number of benzene rings is 2. The van der Waals surface area contributed by atoms with Gasteiger partial charge in [-0.05, 0) is 50.2 Å². The molecule has 0 heterocycles. The minimum absolute atomic E-state index is 0.0683. The number of carbonyl (C=O) groups excluding carboxylic acids is 1. The Morgan fingerprint density at radius 3 is 2.21 bits per heavy atom. The highest BCUT2D eigenvalue weighted by atomic mass is 32.2. The van der Waals surface area contributed by atoms with Crippen LogP contribution in [0.15, 0.2) is 53.4 Å². The standard InChI is InChI=1S/C17H19FN2O3S/c1-12(2)20(3)24(22,23)14-10-8-13(9-11-14)17(21)19-16-7-5-4-6-15(16)18/h4-12H,1-3H3,(H,19,21). The summed E-state index contributed by atoms with van der Waals surface area (Å²) in [6.07, 6.45) is 0. The fourth-order valence-electron chi connectivity index (χ4n) is 1.98. The molecule has 0 fully saturated rings. The topological polar surface area (TPSA) is 66.5 Å². The third-order valence-corrected chi connectivity index (χ3v) is 5.69. The first-order valence-electron chi connectivity index (χ1n) is 7.37. The molecule has 1 N–H and O–H groups in total. The van der Waals surface area contributed by atoms with E-state index in [2.05, 4.69) is 5.32 Å². The van der Waals surface area contributed by atoms with Crippen LogP contribution in [0.3, 0.4) is 0 Å². The van der Waals surface area contributed by atoms with E-state index >= 15 is 0 Å². The summed E-state index contributed by atoms with van der Waals surface area (Å²) in [7, 11) is -2.11. The van der Waals surface area contributed by atoms with Gasteiger partial charge in [-0.15, -0.1) is 0 Å². The minimum Gasteiger partial charge on any atom is -0.319 e. The summed E-state index contributed by atoms with van der Waals surface area (Å²) in [6.45, 7) is 3.54. The van der Waals surface area contributed by atoms with Gasteiger partial charge < -0.3 is 5.32 Å². The number of anilines is 1. The van der Waals surface area contributed by atoms with Crippen LogP contribution < -0.4 is 5.32 Å². The second-order valence-corrected chi connectivity index (χ2v) is 7.57. The predicted octanol–water partition coefficient (Wildman–Crippen LogP) is 3.11. The van der Waals surface area contributed by atoms with E-state index in [9.17, 15) is 17.6 Å². The molecule has 0 aliphatic rings. The second kappa shape index (κ2) is 7.11. The first-order valence-corrected chi connectivity index (χ1v) is 8.81. The zero-order valence-electron chi connectivity index (χ0n) is 13.7. The first-order chi connectivity index (χ1) is 11.2. The molecule has 5 nitrogen and oxygen atoms in total. The zero-order valence-corrected chi connectivity index (χ0v) is 14.5. The molecule has 0 aliphatic carbocycles. The smallest absolute Gasteiger partial charge is 0.255 e. The van der Waals surface area contributed by atoms with E-state index in [1.165, 1.54) is 53.8 Å². The van der Waals surface area contributed by atoms with Crippen LogP contribution in [0, 0.1) is 5.82 Å². The molecule has 1 amide bonds. The molecule has 0 aliphatic heterocycles. The van der Waals surface area contributed by atoms with Crippen molar-refractivity contribution >= 4 is 21.6 Å². The van der Waals surface area contributed by atoms with E-state index < -0.39 is 21.7 Å². The van der Waals surface area contributed by atoms with Gasteiger partial charge in [-0.25, -0.2) is 12.8 Å². The Kier molecular flexibility index (Phi) is 5.36. The molecule has 24 heavy (non-hydrogen) atoms. The molecule has 0 bridgehead atoms. The molecule has 7 heteroatoms. The highest BCUT2D eigenvalue weighted by molar-refractivity contribution is 7.89. The minimum atomic E-state index is -3.60. The lowest BCUT2D eigenvalue weighted by Crippen LogP contribution is -2.33. The molecule has 2 aromatic rings. The summed E-state index contributed by atoms with van der Waals surface area (Å²) >= 11 is 0. The van der Waals surface area contributed by atoms with Gasteiger partial charge in [-0.2, -0.15) is 4.31 Å². The van der Waals surface area contributed by atoms with Crippen LogP contribution in [0.25, 0.3) is 0 Å². The number of hydrogen-bond acceptors (Lipinski definition) is 3. The van der Waals surface area contributed by atoms with Crippen molar-refractivity contribution < 1.29 is 17.6 Å². The van der Waals surface area contributed by atoms with Gasteiger partial charge in [0.25, 0.3) is 5.91 Å². The molecule has 0 unspecified atom stereocenters. The highest BCUT2D eigenvalue weighted by Crippen LogP contribution is 2.18. The van der Waals surface area contributed by atoms with Crippen molar-refractivity contribution in [2.45, 2.75) is 24.8 Å². The van der Waals surface area contributed by atoms with E-state index in [0.29, 0.717) is 0 Å². The molecular weight excluding hydrogens is 331 g/mol. The van der Waals surface area contributed by atoms with E-state index in [0.717, 1.165) is 0 Å². The zero-order chi connectivity index (χ0) is 17.9. The van der Waals surface area contributed by atoms with Crippen molar-refractivity contribution in [3.05, 3.63) is 59.9 Å². The van der Waals surface area contributed by atoms with Gasteiger partial charge in [0.2, 0.25) is 10.0 Å². The Hall–Kier alpha value is -2.25. The summed E-state index contributed by atoms with van der Waals surface area (Å²) < 4.78 is 39.5. The van der Waals surface area contributed by atoms with Crippen molar-refractivity contribution in [1.29, 1.82) is 0 Å². The third-order valence-electron chi connectivity index (χ3n) is 3.64. The van der Waals surface area contributed by atoms with E-state index in [4.69, 9.17) is 0 Å². The van der Waals surface area contributed by atoms with Crippen molar-refractivity contribution in [3.8, 4) is 0 Å². The molecular formula is C17H19FN2O3S. The van der Waals surface area contributed by atoms with Crippen molar-refractivity contribution in [2.75, 3.05) is 12.4 Å².